The van der Waals surface area contributed by atoms with E-state index < -0.39 is 6.09 Å². The highest BCUT2D eigenvalue weighted by molar-refractivity contribution is 6.05. The van der Waals surface area contributed by atoms with Gasteiger partial charge in [-0.25, -0.2) is 4.79 Å². The molecule has 3 aromatic carbocycles. The zero-order valence-corrected chi connectivity index (χ0v) is 17.5. The lowest BCUT2D eigenvalue weighted by atomic mass is 9.99. The average molecular weight is 418 g/mol. The molecule has 0 aromatic heterocycles. The summed E-state index contributed by atoms with van der Waals surface area (Å²) in [7, 11) is 1.53. The molecule has 0 saturated heterocycles. The maximum atomic E-state index is 12.9. The average Bonchev–Trinajstić information content (AvgIpc) is 2.79. The van der Waals surface area contributed by atoms with Gasteiger partial charge in [-0.05, 0) is 48.2 Å². The summed E-state index contributed by atoms with van der Waals surface area (Å²) in [6.07, 6.45) is 1.05. The van der Waals surface area contributed by atoms with Crippen LogP contribution < -0.4 is 10.6 Å². The fourth-order valence-electron chi connectivity index (χ4n) is 3.13. The van der Waals surface area contributed by atoms with E-state index in [-0.39, 0.29) is 12.5 Å². The first-order chi connectivity index (χ1) is 15.2. The van der Waals surface area contributed by atoms with Crippen molar-refractivity contribution in [3.05, 3.63) is 95.6 Å². The van der Waals surface area contributed by atoms with Crippen molar-refractivity contribution in [2.45, 2.75) is 12.8 Å². The molecular formula is C25H26N2O4. The predicted octanol–water partition coefficient (Wildman–Crippen LogP) is 4.92. The molecule has 2 amide bonds. The molecule has 0 unspecified atom stereocenters. The fourth-order valence-corrected chi connectivity index (χ4v) is 3.13. The molecule has 0 aliphatic carbocycles. The number of ether oxygens (including phenoxy) is 2. The third-order valence-corrected chi connectivity index (χ3v) is 4.68. The number of nitrogens with one attached hydrogen (secondary N) is 2. The third-order valence-electron chi connectivity index (χ3n) is 4.68. The highest BCUT2D eigenvalue weighted by Gasteiger charge is 2.12. The van der Waals surface area contributed by atoms with Gasteiger partial charge < -0.3 is 14.8 Å². The first-order valence-corrected chi connectivity index (χ1v) is 10.1. The molecule has 0 bridgehead atoms. The van der Waals surface area contributed by atoms with E-state index in [1.165, 1.54) is 12.7 Å². The summed E-state index contributed by atoms with van der Waals surface area (Å²) in [6.45, 7) is 0.492. The Balaban J connectivity index is 1.63. The summed E-state index contributed by atoms with van der Waals surface area (Å²) < 4.78 is 9.84. The Kier molecular flexibility index (Phi) is 8.20. The first kappa shape index (κ1) is 22.1. The monoisotopic (exact) mass is 418 g/mol. The van der Waals surface area contributed by atoms with E-state index in [0.29, 0.717) is 23.5 Å². The molecule has 0 aliphatic rings. The third kappa shape index (κ3) is 6.97. The Hall–Kier alpha value is -3.64. The van der Waals surface area contributed by atoms with Crippen molar-refractivity contribution in [1.29, 1.82) is 0 Å². The topological polar surface area (TPSA) is 76.7 Å². The Bertz CT molecular complexity index is 1010. The number of amides is 2. The van der Waals surface area contributed by atoms with Crippen molar-refractivity contribution in [2.24, 2.45) is 0 Å². The van der Waals surface area contributed by atoms with Crippen LogP contribution in [0, 0.1) is 0 Å². The summed E-state index contributed by atoms with van der Waals surface area (Å²) in [5.41, 5.74) is 3.96. The van der Waals surface area contributed by atoms with Crippen LogP contribution in [0.2, 0.25) is 0 Å². The Morgan fingerprint density at radius 1 is 0.774 bits per heavy atom. The number of anilines is 2. The molecule has 3 rings (SSSR count). The SMILES string of the molecule is COCCOC(=O)Nc1cccc(NC(=O)c2ccccc2CCc2ccccc2)c1. The standard InChI is InChI=1S/C25H26N2O4/c1-30-16-17-31-25(29)27-22-12-7-11-21(18-22)26-24(28)23-13-6-5-10-20(23)15-14-19-8-3-2-4-9-19/h2-13,18H,14-17H2,1H3,(H,26,28)(H,27,29). The minimum Gasteiger partial charge on any atom is -0.447 e. The molecule has 3 aromatic rings. The molecule has 0 radical (unpaired) electrons. The molecule has 0 atom stereocenters. The molecule has 0 heterocycles. The fraction of sp³-hybridized carbons (Fsp3) is 0.200. The second kappa shape index (κ2) is 11.5. The van der Waals surface area contributed by atoms with Crippen molar-refractivity contribution < 1.29 is 19.1 Å². The molecule has 31 heavy (non-hydrogen) atoms. The van der Waals surface area contributed by atoms with E-state index >= 15 is 0 Å². The highest BCUT2D eigenvalue weighted by atomic mass is 16.6. The molecule has 0 spiro atoms. The van der Waals surface area contributed by atoms with Crippen LogP contribution in [0.3, 0.4) is 0 Å². The lowest BCUT2D eigenvalue weighted by Crippen LogP contribution is -2.17. The van der Waals surface area contributed by atoms with Crippen molar-refractivity contribution >= 4 is 23.4 Å². The molecule has 0 saturated carbocycles. The lowest BCUT2D eigenvalue weighted by Gasteiger charge is -2.12. The van der Waals surface area contributed by atoms with Crippen LogP contribution in [0.15, 0.2) is 78.9 Å². The summed E-state index contributed by atoms with van der Waals surface area (Å²) in [5, 5.41) is 5.55. The molecule has 2 N–H and O–H groups in total. The minimum absolute atomic E-state index is 0.165. The van der Waals surface area contributed by atoms with Gasteiger partial charge in [0.25, 0.3) is 5.91 Å². The number of aryl methyl sites for hydroxylation is 2. The first-order valence-electron chi connectivity index (χ1n) is 10.1. The van der Waals surface area contributed by atoms with Gasteiger partial charge in [-0.15, -0.1) is 0 Å². The van der Waals surface area contributed by atoms with E-state index in [4.69, 9.17) is 9.47 Å². The Labute approximate surface area is 182 Å². The summed E-state index contributed by atoms with van der Waals surface area (Å²) in [5.74, 6) is -0.191. The van der Waals surface area contributed by atoms with E-state index in [2.05, 4.69) is 22.8 Å². The summed E-state index contributed by atoms with van der Waals surface area (Å²) in [6, 6.07) is 24.7. The summed E-state index contributed by atoms with van der Waals surface area (Å²) >= 11 is 0. The van der Waals surface area contributed by atoms with E-state index in [9.17, 15) is 9.59 Å². The number of hydrogen-bond acceptors (Lipinski definition) is 4. The Morgan fingerprint density at radius 3 is 2.26 bits per heavy atom. The van der Waals surface area contributed by atoms with Gasteiger partial charge in [0.2, 0.25) is 0 Å². The van der Waals surface area contributed by atoms with E-state index in [0.717, 1.165) is 18.4 Å². The molecule has 0 aliphatic heterocycles. The maximum Gasteiger partial charge on any atom is 0.411 e. The van der Waals surface area contributed by atoms with Crippen LogP contribution in [0.4, 0.5) is 16.2 Å². The zero-order valence-electron chi connectivity index (χ0n) is 17.5. The van der Waals surface area contributed by atoms with Crippen molar-refractivity contribution in [3.63, 3.8) is 0 Å². The van der Waals surface area contributed by atoms with Crippen LogP contribution in [-0.4, -0.2) is 32.3 Å². The second-order valence-corrected chi connectivity index (χ2v) is 6.93. The largest absolute Gasteiger partial charge is 0.447 e. The van der Waals surface area contributed by atoms with Gasteiger partial charge >= 0.3 is 6.09 Å². The predicted molar refractivity (Wildman–Crippen MR) is 122 cm³/mol. The van der Waals surface area contributed by atoms with E-state index in [1.54, 1.807) is 24.3 Å². The van der Waals surface area contributed by atoms with Gasteiger partial charge in [0.05, 0.1) is 6.61 Å². The highest BCUT2D eigenvalue weighted by Crippen LogP contribution is 2.18. The van der Waals surface area contributed by atoms with Gasteiger partial charge in [-0.2, -0.15) is 0 Å². The molecule has 0 fully saturated rings. The quantitative estimate of drug-likeness (QED) is 0.484. The van der Waals surface area contributed by atoms with Gasteiger partial charge in [0, 0.05) is 24.0 Å². The number of rotatable bonds is 9. The normalized spacial score (nSPS) is 10.4. The lowest BCUT2D eigenvalue weighted by molar-refractivity contribution is 0.102. The van der Waals surface area contributed by atoms with Crippen LogP contribution in [-0.2, 0) is 22.3 Å². The maximum absolute atomic E-state index is 12.9. The molecule has 160 valence electrons. The smallest absolute Gasteiger partial charge is 0.411 e. The van der Waals surface area contributed by atoms with Crippen molar-refractivity contribution in [1.82, 2.24) is 0 Å². The molecular weight excluding hydrogens is 392 g/mol. The van der Waals surface area contributed by atoms with Crippen molar-refractivity contribution in [3.8, 4) is 0 Å². The number of hydrogen-bond donors (Lipinski definition) is 2. The number of carbonyl (C=O) groups excluding carboxylic acids is 2. The van der Waals surface area contributed by atoms with Crippen LogP contribution >= 0.6 is 0 Å². The Morgan fingerprint density at radius 2 is 1.48 bits per heavy atom. The number of benzene rings is 3. The molecule has 6 heteroatoms. The summed E-state index contributed by atoms with van der Waals surface area (Å²) in [4.78, 5) is 24.7. The van der Waals surface area contributed by atoms with Crippen molar-refractivity contribution in [2.75, 3.05) is 31.0 Å². The second-order valence-electron chi connectivity index (χ2n) is 6.93. The van der Waals surface area contributed by atoms with Crippen LogP contribution in [0.1, 0.15) is 21.5 Å². The van der Waals surface area contributed by atoms with Gasteiger partial charge in [0.15, 0.2) is 0 Å². The zero-order chi connectivity index (χ0) is 21.9. The minimum atomic E-state index is -0.577. The van der Waals surface area contributed by atoms with Crippen LogP contribution in [0.25, 0.3) is 0 Å². The van der Waals surface area contributed by atoms with Gasteiger partial charge in [-0.3, -0.25) is 10.1 Å². The van der Waals surface area contributed by atoms with Crippen LogP contribution in [0.5, 0.6) is 0 Å². The molecule has 6 nitrogen and oxygen atoms in total. The number of carbonyl (C=O) groups is 2. The van der Waals surface area contributed by atoms with Gasteiger partial charge in [-0.1, -0.05) is 54.6 Å². The number of methoxy groups -OCH3 is 1. The van der Waals surface area contributed by atoms with Gasteiger partial charge in [0.1, 0.15) is 6.61 Å². The van der Waals surface area contributed by atoms with E-state index in [1.807, 2.05) is 42.5 Å².